The Bertz CT molecular complexity index is 336. The van der Waals surface area contributed by atoms with Gasteiger partial charge in [-0.15, -0.1) is 0 Å². The SMILES string of the molecule is CC(=O)N(CCCNCCCCNCCCN)C(C)=O.[N-]=[N+]=[N-].[Na+]. The molecule has 0 saturated heterocycles. The topological polar surface area (TPSA) is 146 Å². The third-order valence-electron chi connectivity index (χ3n) is 3.01. The van der Waals surface area contributed by atoms with Crippen LogP contribution in [0.2, 0.25) is 0 Å². The second-order valence-electron chi connectivity index (χ2n) is 4.98. The maximum absolute atomic E-state index is 11.2. The predicted octanol–water partition coefficient (Wildman–Crippen LogP) is -2.05. The number of nitrogens with two attached hydrogens (primary N) is 1. The Morgan fingerprint density at radius 2 is 1.29 bits per heavy atom. The number of hydrogen-bond acceptors (Lipinski definition) is 5. The van der Waals surface area contributed by atoms with Gasteiger partial charge in [0.2, 0.25) is 11.8 Å². The van der Waals surface area contributed by atoms with E-state index in [0.717, 1.165) is 58.4 Å². The molecule has 0 radical (unpaired) electrons. The molecule has 0 aromatic heterocycles. The molecule has 0 aliphatic carbocycles. The fraction of sp³-hybridized carbons (Fsp3) is 0.857. The van der Waals surface area contributed by atoms with Crippen LogP contribution >= 0.6 is 0 Å². The van der Waals surface area contributed by atoms with Crippen LogP contribution in [0, 0.1) is 0 Å². The molecule has 9 nitrogen and oxygen atoms in total. The van der Waals surface area contributed by atoms with Gasteiger partial charge in [-0.3, -0.25) is 19.4 Å². The molecule has 10 heteroatoms. The predicted molar refractivity (Wildman–Crippen MR) is 91.4 cm³/mol. The van der Waals surface area contributed by atoms with Gasteiger partial charge in [0.1, 0.15) is 0 Å². The summed E-state index contributed by atoms with van der Waals surface area (Å²) in [5.74, 6) is -0.359. The fourth-order valence-electron chi connectivity index (χ4n) is 1.88. The minimum atomic E-state index is -0.180. The van der Waals surface area contributed by atoms with E-state index < -0.39 is 0 Å². The normalized spacial score (nSPS) is 9.12. The first-order valence-corrected chi connectivity index (χ1v) is 7.89. The number of nitrogens with one attached hydrogen (secondary N) is 2. The van der Waals surface area contributed by atoms with Crippen molar-refractivity contribution in [1.82, 2.24) is 15.5 Å². The number of carbonyl (C=O) groups is 2. The summed E-state index contributed by atoms with van der Waals surface area (Å²) in [7, 11) is 0. The van der Waals surface area contributed by atoms with Gasteiger partial charge in [-0.1, -0.05) is 0 Å². The van der Waals surface area contributed by atoms with Crippen molar-refractivity contribution in [2.24, 2.45) is 5.73 Å². The molecule has 0 aromatic rings. The van der Waals surface area contributed by atoms with Gasteiger partial charge in [0, 0.05) is 20.4 Å². The van der Waals surface area contributed by atoms with Crippen molar-refractivity contribution in [3.8, 4) is 0 Å². The molecule has 4 N–H and O–H groups in total. The Morgan fingerprint density at radius 1 is 0.917 bits per heavy atom. The van der Waals surface area contributed by atoms with Crippen LogP contribution in [0.4, 0.5) is 0 Å². The molecule has 0 unspecified atom stereocenters. The van der Waals surface area contributed by atoms with Crippen molar-refractivity contribution in [2.45, 2.75) is 39.5 Å². The Balaban J connectivity index is -0.00000102. The van der Waals surface area contributed by atoms with Gasteiger partial charge in [0.25, 0.3) is 0 Å². The average molecular weight is 351 g/mol. The summed E-state index contributed by atoms with van der Waals surface area (Å²) in [5.41, 5.74) is 18.9. The summed E-state index contributed by atoms with van der Waals surface area (Å²) in [6, 6.07) is 0. The van der Waals surface area contributed by atoms with Crippen molar-refractivity contribution >= 4 is 11.8 Å². The second-order valence-corrected chi connectivity index (χ2v) is 4.98. The molecular weight excluding hydrogens is 321 g/mol. The van der Waals surface area contributed by atoms with E-state index in [2.05, 4.69) is 10.6 Å². The smallest absolute Gasteiger partial charge is 0.373 e. The molecule has 0 fully saturated rings. The molecule has 0 aliphatic rings. The summed E-state index contributed by atoms with van der Waals surface area (Å²) < 4.78 is 0. The number of nitrogens with zero attached hydrogens (tertiary/aromatic N) is 4. The molecule has 0 spiro atoms. The number of rotatable bonds is 12. The molecule has 0 atom stereocenters. The molecule has 134 valence electrons. The Morgan fingerprint density at radius 3 is 1.67 bits per heavy atom. The molecule has 0 rings (SSSR count). The first-order chi connectivity index (χ1) is 11.0. The minimum Gasteiger partial charge on any atom is -0.373 e. The van der Waals surface area contributed by atoms with Gasteiger partial charge in [0.05, 0.1) is 0 Å². The van der Waals surface area contributed by atoms with Crippen LogP contribution in [0.5, 0.6) is 0 Å². The number of hydrogen-bond donors (Lipinski definition) is 3. The van der Waals surface area contributed by atoms with Gasteiger partial charge >= 0.3 is 29.6 Å². The van der Waals surface area contributed by atoms with E-state index >= 15 is 0 Å². The van der Waals surface area contributed by atoms with Gasteiger partial charge < -0.3 is 27.4 Å². The van der Waals surface area contributed by atoms with Gasteiger partial charge in [-0.05, 0) is 58.4 Å². The standard InChI is InChI=1S/C14H30N4O2.N3.Na/c1-13(19)18(14(2)20)12-6-11-17-9-4-3-8-16-10-5-7-15;1-3-2;/h16-17H,3-12,15H2,1-2H3;;/q;-1;+1. The van der Waals surface area contributed by atoms with Crippen LogP contribution < -0.4 is 45.9 Å². The number of carbonyl (C=O) groups excluding carboxylic acids is 2. The summed E-state index contributed by atoms with van der Waals surface area (Å²) >= 11 is 0. The molecule has 2 amide bonds. The number of imide groups is 1. The third-order valence-corrected chi connectivity index (χ3v) is 3.01. The molecular formula is C14H30N7NaO2. The Kier molecular flexibility index (Phi) is 26.2. The maximum atomic E-state index is 11.2. The van der Waals surface area contributed by atoms with E-state index in [1.807, 2.05) is 0 Å². The molecule has 0 heterocycles. The Hall–Kier alpha value is -0.670. The van der Waals surface area contributed by atoms with Crippen molar-refractivity contribution in [1.29, 1.82) is 0 Å². The van der Waals surface area contributed by atoms with Gasteiger partial charge in [0.15, 0.2) is 0 Å². The van der Waals surface area contributed by atoms with Crippen LogP contribution in [0.1, 0.15) is 39.5 Å². The zero-order valence-corrected chi connectivity index (χ0v) is 17.3. The van der Waals surface area contributed by atoms with Crippen molar-refractivity contribution in [3.63, 3.8) is 0 Å². The largest absolute Gasteiger partial charge is 1.00 e. The number of amides is 2. The van der Waals surface area contributed by atoms with Crippen molar-refractivity contribution < 1.29 is 39.1 Å². The summed E-state index contributed by atoms with van der Waals surface area (Å²) in [6.45, 7) is 7.92. The molecule has 24 heavy (non-hydrogen) atoms. The van der Waals surface area contributed by atoms with E-state index in [4.69, 9.17) is 16.8 Å². The van der Waals surface area contributed by atoms with Crippen LogP contribution in [0.25, 0.3) is 16.0 Å². The first kappa shape index (κ1) is 28.1. The summed E-state index contributed by atoms with van der Waals surface area (Å²) in [5, 5.41) is 6.66. The van der Waals surface area contributed by atoms with Crippen LogP contribution in [0.3, 0.4) is 0 Å². The summed E-state index contributed by atoms with van der Waals surface area (Å²) in [4.78, 5) is 25.1. The van der Waals surface area contributed by atoms with E-state index in [-0.39, 0.29) is 41.4 Å². The average Bonchev–Trinajstić information content (AvgIpc) is 2.48. The maximum Gasteiger partial charge on any atom is 1.00 e. The van der Waals surface area contributed by atoms with Crippen LogP contribution in [0.15, 0.2) is 0 Å². The quantitative estimate of drug-likeness (QED) is 0.122. The van der Waals surface area contributed by atoms with Gasteiger partial charge in [-0.25, -0.2) is 0 Å². The molecule has 0 aromatic carbocycles. The second kappa shape index (κ2) is 22.3. The fourth-order valence-corrected chi connectivity index (χ4v) is 1.88. The Labute approximate surface area is 166 Å². The van der Waals surface area contributed by atoms with Gasteiger partial charge in [-0.2, -0.15) is 0 Å². The van der Waals surface area contributed by atoms with E-state index in [9.17, 15) is 9.59 Å². The van der Waals surface area contributed by atoms with E-state index in [0.29, 0.717) is 6.54 Å². The molecule has 0 saturated carbocycles. The van der Waals surface area contributed by atoms with E-state index in [1.54, 1.807) is 0 Å². The minimum absolute atomic E-state index is 0. The monoisotopic (exact) mass is 351 g/mol. The zero-order chi connectivity index (χ0) is 17.9. The summed E-state index contributed by atoms with van der Waals surface area (Å²) in [6.07, 6.45) is 4.10. The molecule has 0 aliphatic heterocycles. The van der Waals surface area contributed by atoms with Crippen LogP contribution in [-0.2, 0) is 9.59 Å². The van der Waals surface area contributed by atoms with Crippen molar-refractivity contribution in [2.75, 3.05) is 39.3 Å². The first-order valence-electron chi connectivity index (χ1n) is 7.89. The van der Waals surface area contributed by atoms with Crippen LogP contribution in [-0.4, -0.2) is 56.0 Å². The zero-order valence-electron chi connectivity index (χ0n) is 15.3. The van der Waals surface area contributed by atoms with Crippen molar-refractivity contribution in [3.05, 3.63) is 16.0 Å². The third kappa shape index (κ3) is 21.3. The number of unbranched alkanes of at least 4 members (excludes halogenated alkanes) is 1. The molecule has 0 bridgehead atoms. The van der Waals surface area contributed by atoms with E-state index in [1.165, 1.54) is 23.7 Å².